The van der Waals surface area contributed by atoms with E-state index in [1.807, 2.05) is 29.8 Å². The molecule has 0 unspecified atom stereocenters. The van der Waals surface area contributed by atoms with Gasteiger partial charge in [-0.15, -0.1) is 10.2 Å². The number of ether oxygens (including phenoxy) is 1. The normalized spacial score (nSPS) is 11.0. The van der Waals surface area contributed by atoms with E-state index in [0.29, 0.717) is 34.2 Å². The molecule has 0 atom stereocenters. The Bertz CT molecular complexity index is 1020. The maximum absolute atomic E-state index is 12.2. The van der Waals surface area contributed by atoms with Gasteiger partial charge in [-0.05, 0) is 41.8 Å². The lowest BCUT2D eigenvalue weighted by Crippen LogP contribution is -2.15. The number of nitrogens with one attached hydrogen (secondary N) is 1. The first kappa shape index (κ1) is 22.7. The highest BCUT2D eigenvalue weighted by Gasteiger charge is 2.13. The highest BCUT2D eigenvalue weighted by Crippen LogP contribution is 2.26. The summed E-state index contributed by atoms with van der Waals surface area (Å²) in [4.78, 5) is 12.2. The molecule has 2 aromatic carbocycles. The van der Waals surface area contributed by atoms with Crippen molar-refractivity contribution in [3.63, 3.8) is 0 Å². The lowest BCUT2D eigenvalue weighted by atomic mass is 10.0. The summed E-state index contributed by atoms with van der Waals surface area (Å²) in [6.45, 7) is 4.61. The number of thioether (sulfide) groups is 1. The van der Waals surface area contributed by atoms with Crippen LogP contribution in [0, 0.1) is 0 Å². The van der Waals surface area contributed by atoms with Crippen LogP contribution >= 0.6 is 39.3 Å². The summed E-state index contributed by atoms with van der Waals surface area (Å²) < 4.78 is 8.50. The van der Waals surface area contributed by atoms with Gasteiger partial charge in [0.05, 0.1) is 16.5 Å². The summed E-state index contributed by atoms with van der Waals surface area (Å²) in [6, 6.07) is 13.3. The van der Waals surface area contributed by atoms with Crippen molar-refractivity contribution in [2.45, 2.75) is 31.5 Å². The van der Waals surface area contributed by atoms with Crippen LogP contribution in [0.25, 0.3) is 0 Å². The largest absolute Gasteiger partial charge is 0.486 e. The third kappa shape index (κ3) is 6.00. The Hall–Kier alpha value is -2.03. The van der Waals surface area contributed by atoms with Crippen molar-refractivity contribution < 1.29 is 9.53 Å². The van der Waals surface area contributed by atoms with Gasteiger partial charge in [0.2, 0.25) is 5.91 Å². The van der Waals surface area contributed by atoms with Crippen molar-refractivity contribution in [2.24, 2.45) is 7.05 Å². The third-order valence-corrected chi connectivity index (χ3v) is 6.20. The molecule has 0 aliphatic rings. The molecular formula is C21H22BrClN4O2S. The van der Waals surface area contributed by atoms with Crippen LogP contribution in [0.2, 0.25) is 5.02 Å². The molecule has 158 valence electrons. The van der Waals surface area contributed by atoms with E-state index in [1.54, 1.807) is 12.1 Å². The molecule has 0 radical (unpaired) electrons. The second-order valence-corrected chi connectivity index (χ2v) is 9.20. The van der Waals surface area contributed by atoms with Gasteiger partial charge in [-0.2, -0.15) is 0 Å². The van der Waals surface area contributed by atoms with Gasteiger partial charge in [-0.3, -0.25) is 4.79 Å². The first-order valence-electron chi connectivity index (χ1n) is 9.32. The molecular weight excluding hydrogens is 488 g/mol. The molecule has 3 rings (SSSR count). The molecule has 1 heterocycles. The molecule has 30 heavy (non-hydrogen) atoms. The van der Waals surface area contributed by atoms with Crippen LogP contribution < -0.4 is 10.1 Å². The van der Waals surface area contributed by atoms with Gasteiger partial charge < -0.3 is 14.6 Å². The Morgan fingerprint density at radius 1 is 1.23 bits per heavy atom. The van der Waals surface area contributed by atoms with E-state index < -0.39 is 0 Å². The molecule has 0 spiro atoms. The highest BCUT2D eigenvalue weighted by atomic mass is 79.9. The second-order valence-electron chi connectivity index (χ2n) is 6.93. The van der Waals surface area contributed by atoms with E-state index in [4.69, 9.17) is 16.3 Å². The molecule has 1 N–H and O–H groups in total. The number of hydrogen-bond acceptors (Lipinski definition) is 5. The topological polar surface area (TPSA) is 69.0 Å². The first-order chi connectivity index (χ1) is 14.3. The van der Waals surface area contributed by atoms with Gasteiger partial charge in [-0.1, -0.05) is 65.3 Å². The van der Waals surface area contributed by atoms with Crippen LogP contribution in [0.5, 0.6) is 5.75 Å². The van der Waals surface area contributed by atoms with Crippen molar-refractivity contribution >= 4 is 50.9 Å². The predicted molar refractivity (Wildman–Crippen MR) is 124 cm³/mol. The van der Waals surface area contributed by atoms with Crippen LogP contribution in [-0.2, 0) is 18.4 Å². The van der Waals surface area contributed by atoms with Crippen LogP contribution in [0.3, 0.4) is 0 Å². The van der Waals surface area contributed by atoms with E-state index in [-0.39, 0.29) is 11.7 Å². The molecule has 6 nitrogen and oxygen atoms in total. The molecule has 1 amide bonds. The van der Waals surface area contributed by atoms with Crippen molar-refractivity contribution in [3.8, 4) is 5.75 Å². The van der Waals surface area contributed by atoms with Crippen LogP contribution in [0.4, 0.5) is 5.69 Å². The fourth-order valence-corrected chi connectivity index (χ4v) is 4.05. The number of halogens is 2. The minimum absolute atomic E-state index is 0.171. The Kier molecular flexibility index (Phi) is 7.80. The summed E-state index contributed by atoms with van der Waals surface area (Å²) in [5.74, 6) is 1.96. The number of carbonyl (C=O) groups is 1. The fraction of sp³-hybridized carbons (Fsp3) is 0.286. The Morgan fingerprint density at radius 2 is 1.97 bits per heavy atom. The molecule has 9 heteroatoms. The lowest BCUT2D eigenvalue weighted by Gasteiger charge is -2.09. The summed E-state index contributed by atoms with van der Waals surface area (Å²) in [7, 11) is 1.85. The van der Waals surface area contributed by atoms with E-state index >= 15 is 0 Å². The number of benzene rings is 2. The van der Waals surface area contributed by atoms with Crippen molar-refractivity contribution in [2.75, 3.05) is 11.1 Å². The maximum Gasteiger partial charge on any atom is 0.234 e. The quantitative estimate of drug-likeness (QED) is 0.397. The zero-order chi connectivity index (χ0) is 21.7. The van der Waals surface area contributed by atoms with Gasteiger partial charge >= 0.3 is 0 Å². The monoisotopic (exact) mass is 508 g/mol. The van der Waals surface area contributed by atoms with Gasteiger partial charge in [0.1, 0.15) is 12.4 Å². The molecule has 0 saturated carbocycles. The molecule has 0 saturated heterocycles. The molecule has 3 aromatic rings. The second kappa shape index (κ2) is 10.3. The van der Waals surface area contributed by atoms with E-state index in [1.165, 1.54) is 17.3 Å². The lowest BCUT2D eigenvalue weighted by molar-refractivity contribution is -0.113. The molecule has 0 bridgehead atoms. The zero-order valence-electron chi connectivity index (χ0n) is 16.9. The molecule has 1 aromatic heterocycles. The minimum Gasteiger partial charge on any atom is -0.486 e. The molecule has 0 aliphatic carbocycles. The van der Waals surface area contributed by atoms with Gasteiger partial charge in [0.25, 0.3) is 0 Å². The van der Waals surface area contributed by atoms with Crippen LogP contribution in [0.1, 0.15) is 31.2 Å². The smallest absolute Gasteiger partial charge is 0.234 e. The summed E-state index contributed by atoms with van der Waals surface area (Å²) in [5.41, 5.74) is 1.84. The summed E-state index contributed by atoms with van der Waals surface area (Å²) in [5, 5.41) is 12.2. The first-order valence-corrected chi connectivity index (χ1v) is 11.5. The molecule has 0 aliphatic heterocycles. The van der Waals surface area contributed by atoms with E-state index in [0.717, 1.165) is 10.2 Å². The van der Waals surface area contributed by atoms with Crippen LogP contribution in [0.15, 0.2) is 52.1 Å². The van der Waals surface area contributed by atoms with Crippen molar-refractivity contribution in [1.29, 1.82) is 0 Å². The number of nitrogens with zero attached hydrogens (tertiary/aromatic N) is 3. The standard InChI is InChI=1S/C21H22BrClN4O2S/c1-13(2)14-4-7-16(8-5-14)29-11-19-25-26-21(27(19)3)30-12-20(28)24-18-9-6-15(22)10-17(18)23/h4-10,13H,11-12H2,1-3H3,(H,24,28). The molecule has 0 fully saturated rings. The Morgan fingerprint density at radius 3 is 2.63 bits per heavy atom. The number of carbonyl (C=O) groups excluding carboxylic acids is 1. The Labute approximate surface area is 193 Å². The van der Waals surface area contributed by atoms with Gasteiger partial charge in [-0.25, -0.2) is 0 Å². The number of aromatic nitrogens is 3. The average Bonchev–Trinajstić information content (AvgIpc) is 3.07. The van der Waals surface area contributed by atoms with Gasteiger partial charge in [0.15, 0.2) is 11.0 Å². The zero-order valence-corrected chi connectivity index (χ0v) is 20.0. The number of hydrogen-bond donors (Lipinski definition) is 1. The number of anilines is 1. The summed E-state index contributed by atoms with van der Waals surface area (Å²) in [6.07, 6.45) is 0. The van der Waals surface area contributed by atoms with Crippen LogP contribution in [-0.4, -0.2) is 26.4 Å². The van der Waals surface area contributed by atoms with Crippen molar-refractivity contribution in [1.82, 2.24) is 14.8 Å². The van der Waals surface area contributed by atoms with E-state index in [9.17, 15) is 4.79 Å². The van der Waals surface area contributed by atoms with Gasteiger partial charge in [0, 0.05) is 11.5 Å². The predicted octanol–water partition coefficient (Wildman–Crippen LogP) is 5.66. The fourth-order valence-electron chi connectivity index (χ4n) is 2.60. The van der Waals surface area contributed by atoms with E-state index in [2.05, 4.69) is 57.4 Å². The Balaban J connectivity index is 1.52. The SMILES string of the molecule is CC(C)c1ccc(OCc2nnc(SCC(=O)Nc3ccc(Br)cc3Cl)n2C)cc1. The highest BCUT2D eigenvalue weighted by molar-refractivity contribution is 9.10. The number of rotatable bonds is 8. The average molecular weight is 510 g/mol. The number of amides is 1. The minimum atomic E-state index is -0.171. The van der Waals surface area contributed by atoms with Crippen molar-refractivity contribution in [3.05, 3.63) is 63.3 Å². The third-order valence-electron chi connectivity index (χ3n) is 4.38. The maximum atomic E-state index is 12.2. The summed E-state index contributed by atoms with van der Waals surface area (Å²) >= 11 is 10.8.